The van der Waals surface area contributed by atoms with Gasteiger partial charge in [-0.15, -0.1) is 0 Å². The number of methoxy groups -OCH3 is 1. The topological polar surface area (TPSA) is 96.3 Å². The lowest BCUT2D eigenvalue weighted by atomic mass is 9.88. The highest BCUT2D eigenvalue weighted by Crippen LogP contribution is 2.40. The van der Waals surface area contributed by atoms with Crippen molar-refractivity contribution in [3.8, 4) is 5.75 Å². The molecule has 2 aromatic carbocycles. The number of benzene rings is 2. The van der Waals surface area contributed by atoms with Gasteiger partial charge < -0.3 is 19.9 Å². The maximum Gasteiger partial charge on any atom is 0.419 e. The maximum absolute atomic E-state index is 13.5. The molecule has 2 aliphatic heterocycles. The normalized spacial score (nSPS) is 18.0. The Bertz CT molecular complexity index is 1530. The number of carbonyl (C=O) groups excluding carboxylic acids is 1. The average molecular weight is 599 g/mol. The quantitative estimate of drug-likeness (QED) is 0.346. The van der Waals surface area contributed by atoms with Crippen LogP contribution in [0.3, 0.4) is 0 Å². The SMILES string of the molecule is COc1cc(C)c2c(ccn2C(=O)OC(C)(C)C)c1CN1CCN(CC(F)F)CC1c1ccc(C(=O)O)c2c1CCCN2. The summed E-state index contributed by atoms with van der Waals surface area (Å²) in [6.07, 6.45) is 0.328. The molecule has 0 saturated carbocycles. The number of halogens is 2. The summed E-state index contributed by atoms with van der Waals surface area (Å²) >= 11 is 0. The molecule has 1 saturated heterocycles. The molecule has 2 aliphatic rings. The Balaban J connectivity index is 1.58. The van der Waals surface area contributed by atoms with Crippen LogP contribution < -0.4 is 10.1 Å². The Hall–Kier alpha value is -3.70. The van der Waals surface area contributed by atoms with E-state index in [0.29, 0.717) is 50.6 Å². The summed E-state index contributed by atoms with van der Waals surface area (Å²) in [4.78, 5) is 29.1. The molecule has 0 spiro atoms. The Morgan fingerprint density at radius 2 is 1.95 bits per heavy atom. The Morgan fingerprint density at radius 1 is 1.19 bits per heavy atom. The zero-order chi connectivity index (χ0) is 31.1. The molecule has 0 amide bonds. The van der Waals surface area contributed by atoms with Gasteiger partial charge in [-0.1, -0.05) is 6.07 Å². The molecule has 11 heteroatoms. The van der Waals surface area contributed by atoms with Gasteiger partial charge in [0.15, 0.2) is 0 Å². The number of hydrogen-bond acceptors (Lipinski definition) is 7. The number of carboxylic acid groups (broad SMARTS) is 1. The van der Waals surface area contributed by atoms with Crippen molar-refractivity contribution >= 4 is 28.7 Å². The second-order valence-corrected chi connectivity index (χ2v) is 12.3. The number of carboxylic acids is 1. The summed E-state index contributed by atoms with van der Waals surface area (Å²) in [6, 6.07) is 7.00. The van der Waals surface area contributed by atoms with Crippen molar-refractivity contribution < 1.29 is 33.0 Å². The van der Waals surface area contributed by atoms with Crippen LogP contribution in [0.25, 0.3) is 10.9 Å². The van der Waals surface area contributed by atoms with Gasteiger partial charge in [0.05, 0.1) is 30.4 Å². The van der Waals surface area contributed by atoms with Crippen LogP contribution in [-0.2, 0) is 17.7 Å². The zero-order valence-electron chi connectivity index (χ0n) is 25.4. The lowest BCUT2D eigenvalue weighted by molar-refractivity contribution is 0.0243. The summed E-state index contributed by atoms with van der Waals surface area (Å²) in [5, 5.41) is 14.0. The van der Waals surface area contributed by atoms with E-state index in [1.54, 1.807) is 24.3 Å². The maximum atomic E-state index is 13.5. The van der Waals surface area contributed by atoms with Crippen LogP contribution >= 0.6 is 0 Å². The van der Waals surface area contributed by atoms with Crippen LogP contribution in [-0.4, -0.2) is 83.4 Å². The molecule has 2 N–H and O–H groups in total. The molecule has 3 aromatic rings. The summed E-state index contributed by atoms with van der Waals surface area (Å²) in [6.45, 7) is 9.54. The smallest absolute Gasteiger partial charge is 0.419 e. The third kappa shape index (κ3) is 6.33. The number of aromatic nitrogens is 1. The monoisotopic (exact) mass is 598 g/mol. The predicted octanol–water partition coefficient (Wildman–Crippen LogP) is 5.92. The first-order chi connectivity index (χ1) is 20.4. The van der Waals surface area contributed by atoms with E-state index in [-0.39, 0.29) is 18.2 Å². The molecule has 0 bridgehead atoms. The Kier molecular flexibility index (Phi) is 8.67. The van der Waals surface area contributed by atoms with Crippen molar-refractivity contribution in [1.29, 1.82) is 0 Å². The summed E-state index contributed by atoms with van der Waals surface area (Å²) in [7, 11) is 1.61. The van der Waals surface area contributed by atoms with E-state index < -0.39 is 24.1 Å². The molecule has 1 aromatic heterocycles. The molecule has 3 heterocycles. The molecule has 5 rings (SSSR count). The Labute approximate surface area is 250 Å². The molecule has 232 valence electrons. The summed E-state index contributed by atoms with van der Waals surface area (Å²) < 4.78 is 40.0. The number of ether oxygens (including phenoxy) is 2. The van der Waals surface area contributed by atoms with E-state index in [0.717, 1.165) is 39.6 Å². The van der Waals surface area contributed by atoms with E-state index in [1.807, 2.05) is 45.9 Å². The van der Waals surface area contributed by atoms with Gasteiger partial charge in [0.1, 0.15) is 11.4 Å². The van der Waals surface area contributed by atoms with Gasteiger partial charge in [-0.3, -0.25) is 14.4 Å². The number of nitrogens with one attached hydrogen (secondary N) is 1. The number of rotatable bonds is 7. The average Bonchev–Trinajstić information content (AvgIpc) is 3.39. The molecule has 0 radical (unpaired) electrons. The van der Waals surface area contributed by atoms with Gasteiger partial charge in [0, 0.05) is 55.9 Å². The number of aromatic carboxylic acids is 1. The van der Waals surface area contributed by atoms with Crippen LogP contribution in [0.2, 0.25) is 0 Å². The third-order valence-electron chi connectivity index (χ3n) is 8.22. The lowest BCUT2D eigenvalue weighted by Crippen LogP contribution is -2.49. The predicted molar refractivity (Wildman–Crippen MR) is 161 cm³/mol. The van der Waals surface area contributed by atoms with Gasteiger partial charge in [0.2, 0.25) is 0 Å². The van der Waals surface area contributed by atoms with E-state index in [1.165, 1.54) is 4.57 Å². The molecule has 0 aliphatic carbocycles. The molecule has 1 fully saturated rings. The van der Waals surface area contributed by atoms with Crippen LogP contribution in [0.15, 0.2) is 30.5 Å². The standard InChI is InChI=1S/C32H40F2N4O5/c1-19-15-26(42-5)24(22-10-12-38(29(19)22)31(41)43-32(2,3)4)16-37-14-13-36(18-27(33)34)17-25(37)20-8-9-23(30(39)40)28-21(20)7-6-11-35-28/h8-10,12,15,25,27,35H,6-7,11,13-14,16-18H2,1-5H3,(H,39,40). The minimum absolute atomic E-state index is 0.218. The molecule has 9 nitrogen and oxygen atoms in total. The molecular weight excluding hydrogens is 558 g/mol. The number of aryl methyl sites for hydroxylation is 1. The second-order valence-electron chi connectivity index (χ2n) is 12.3. The van der Waals surface area contributed by atoms with Crippen molar-refractivity contribution in [1.82, 2.24) is 14.4 Å². The molecular formula is C32H40F2N4O5. The van der Waals surface area contributed by atoms with Crippen molar-refractivity contribution in [2.45, 2.75) is 65.1 Å². The van der Waals surface area contributed by atoms with Crippen molar-refractivity contribution in [3.63, 3.8) is 0 Å². The first-order valence-corrected chi connectivity index (χ1v) is 14.7. The van der Waals surface area contributed by atoms with E-state index >= 15 is 0 Å². The highest BCUT2D eigenvalue weighted by Gasteiger charge is 2.34. The first-order valence-electron chi connectivity index (χ1n) is 14.7. The molecule has 1 unspecified atom stereocenters. The van der Waals surface area contributed by atoms with E-state index in [9.17, 15) is 23.5 Å². The number of fused-ring (bicyclic) bond motifs is 2. The second kappa shape index (κ2) is 12.1. The summed E-state index contributed by atoms with van der Waals surface area (Å²) in [5.41, 5.74) is 4.51. The minimum Gasteiger partial charge on any atom is -0.496 e. The fourth-order valence-electron chi connectivity index (χ4n) is 6.40. The van der Waals surface area contributed by atoms with E-state index in [2.05, 4.69) is 10.2 Å². The first kappa shape index (κ1) is 30.7. The van der Waals surface area contributed by atoms with Crippen molar-refractivity contribution in [2.24, 2.45) is 0 Å². The highest BCUT2D eigenvalue weighted by molar-refractivity contribution is 5.96. The minimum atomic E-state index is -2.46. The number of anilines is 1. The largest absolute Gasteiger partial charge is 0.496 e. The van der Waals surface area contributed by atoms with Crippen LogP contribution in [0, 0.1) is 6.92 Å². The van der Waals surface area contributed by atoms with E-state index in [4.69, 9.17) is 9.47 Å². The highest BCUT2D eigenvalue weighted by atomic mass is 19.3. The van der Waals surface area contributed by atoms with Gasteiger partial charge in [-0.25, -0.2) is 18.4 Å². The zero-order valence-corrected chi connectivity index (χ0v) is 25.4. The van der Waals surface area contributed by atoms with Crippen LogP contribution in [0.4, 0.5) is 19.3 Å². The van der Waals surface area contributed by atoms with Gasteiger partial charge in [-0.2, -0.15) is 0 Å². The van der Waals surface area contributed by atoms with Gasteiger partial charge in [-0.05, 0) is 75.4 Å². The fraction of sp³-hybridized carbons (Fsp3) is 0.500. The number of nitrogens with zero attached hydrogens (tertiary/aromatic N) is 3. The fourth-order valence-corrected chi connectivity index (χ4v) is 6.40. The molecule has 43 heavy (non-hydrogen) atoms. The summed E-state index contributed by atoms with van der Waals surface area (Å²) in [5.74, 6) is -0.330. The van der Waals surface area contributed by atoms with Gasteiger partial charge >= 0.3 is 12.1 Å². The van der Waals surface area contributed by atoms with Crippen molar-refractivity contribution in [2.75, 3.05) is 45.2 Å². The number of piperazine rings is 1. The van der Waals surface area contributed by atoms with Gasteiger partial charge in [0.25, 0.3) is 6.43 Å². The number of carbonyl (C=O) groups is 2. The lowest BCUT2D eigenvalue weighted by Gasteiger charge is -2.43. The Morgan fingerprint density at radius 3 is 2.63 bits per heavy atom. The van der Waals surface area contributed by atoms with Crippen LogP contribution in [0.1, 0.15) is 65.8 Å². The number of hydrogen-bond donors (Lipinski definition) is 2. The third-order valence-corrected chi connectivity index (χ3v) is 8.22. The molecule has 1 atom stereocenters. The van der Waals surface area contributed by atoms with Crippen LogP contribution in [0.5, 0.6) is 5.75 Å². The number of alkyl halides is 2. The van der Waals surface area contributed by atoms with Crippen molar-refractivity contribution in [3.05, 3.63) is 58.3 Å².